The van der Waals surface area contributed by atoms with E-state index in [1.807, 2.05) is 13.8 Å². The van der Waals surface area contributed by atoms with Gasteiger partial charge in [-0.2, -0.15) is 5.06 Å². The van der Waals surface area contributed by atoms with E-state index >= 15 is 0 Å². The lowest BCUT2D eigenvalue weighted by Gasteiger charge is -2.42. The molecule has 0 aliphatic carbocycles. The second-order valence-electron chi connectivity index (χ2n) is 5.01. The Balaban J connectivity index is 2.27. The molecule has 6 heteroatoms. The molecule has 2 saturated heterocycles. The van der Waals surface area contributed by atoms with Gasteiger partial charge in [0.05, 0.1) is 12.2 Å². The third-order valence-corrected chi connectivity index (χ3v) is 6.38. The van der Waals surface area contributed by atoms with Crippen molar-refractivity contribution in [3.05, 3.63) is 0 Å². The summed E-state index contributed by atoms with van der Waals surface area (Å²) < 4.78 is 23.8. The molecule has 2 heterocycles. The average molecular weight is 249 g/mol. The number of hydroxylamine groups is 2. The Morgan fingerprint density at radius 2 is 1.94 bits per heavy atom. The van der Waals surface area contributed by atoms with Gasteiger partial charge in [-0.15, -0.1) is 0 Å². The van der Waals surface area contributed by atoms with Gasteiger partial charge in [0.1, 0.15) is 5.28 Å². The summed E-state index contributed by atoms with van der Waals surface area (Å²) in [7, 11) is -3.27. The van der Waals surface area contributed by atoms with Crippen LogP contribution in [0.25, 0.3) is 0 Å². The Hall–Kier alpha value is 0.0700. The Morgan fingerprint density at radius 1 is 1.38 bits per heavy atom. The molecule has 0 spiro atoms. The molecule has 94 valence electrons. The van der Waals surface area contributed by atoms with Crippen LogP contribution in [0.2, 0.25) is 0 Å². The molecule has 3 atom stereocenters. The molecule has 2 rings (SSSR count). The Bertz CT molecular complexity index is 310. The van der Waals surface area contributed by atoms with Gasteiger partial charge in [-0.05, 0) is 33.6 Å². The highest BCUT2D eigenvalue weighted by molar-refractivity contribution is 7.55. The smallest absolute Gasteiger partial charge is 0.313 e. The standard InChI is InChI=1S/C10H20NO4P/c1-8-7-9(2)15-16(13,14-8)10(3)5-4-6-11(10)12/h8-9,12H,4-7H2,1-3H3. The van der Waals surface area contributed by atoms with Crippen LogP contribution in [0.5, 0.6) is 0 Å². The van der Waals surface area contributed by atoms with Crippen molar-refractivity contribution in [1.29, 1.82) is 0 Å². The lowest BCUT2D eigenvalue weighted by Crippen LogP contribution is -2.43. The van der Waals surface area contributed by atoms with Gasteiger partial charge in [0.25, 0.3) is 0 Å². The van der Waals surface area contributed by atoms with Crippen LogP contribution in [0.3, 0.4) is 0 Å². The van der Waals surface area contributed by atoms with Crippen LogP contribution in [0.1, 0.15) is 40.0 Å². The minimum Gasteiger partial charge on any atom is -0.313 e. The van der Waals surface area contributed by atoms with E-state index in [4.69, 9.17) is 9.05 Å². The van der Waals surface area contributed by atoms with E-state index < -0.39 is 12.9 Å². The molecule has 16 heavy (non-hydrogen) atoms. The molecule has 2 fully saturated rings. The molecule has 3 unspecified atom stereocenters. The van der Waals surface area contributed by atoms with Crippen molar-refractivity contribution in [3.63, 3.8) is 0 Å². The van der Waals surface area contributed by atoms with Gasteiger partial charge >= 0.3 is 7.60 Å². The van der Waals surface area contributed by atoms with Crippen molar-refractivity contribution in [2.24, 2.45) is 0 Å². The zero-order valence-electron chi connectivity index (χ0n) is 10.0. The first-order valence-electron chi connectivity index (χ1n) is 5.81. The first-order valence-corrected chi connectivity index (χ1v) is 7.35. The van der Waals surface area contributed by atoms with Crippen molar-refractivity contribution in [2.75, 3.05) is 6.54 Å². The molecule has 0 radical (unpaired) electrons. The van der Waals surface area contributed by atoms with Crippen molar-refractivity contribution < 1.29 is 18.8 Å². The molecule has 1 N–H and O–H groups in total. The maximum absolute atomic E-state index is 12.7. The zero-order valence-corrected chi connectivity index (χ0v) is 10.9. The summed E-state index contributed by atoms with van der Waals surface area (Å²) >= 11 is 0. The van der Waals surface area contributed by atoms with Crippen molar-refractivity contribution in [1.82, 2.24) is 5.06 Å². The van der Waals surface area contributed by atoms with Crippen molar-refractivity contribution in [2.45, 2.75) is 57.5 Å². The normalized spacial score (nSPS) is 50.8. The predicted molar refractivity (Wildman–Crippen MR) is 59.4 cm³/mol. The summed E-state index contributed by atoms with van der Waals surface area (Å²) in [5.74, 6) is 0. The van der Waals surface area contributed by atoms with Crippen LogP contribution in [0.15, 0.2) is 0 Å². The van der Waals surface area contributed by atoms with Gasteiger partial charge in [-0.3, -0.25) is 4.57 Å². The molecule has 2 aliphatic heterocycles. The predicted octanol–water partition coefficient (Wildman–Crippen LogP) is 2.59. The number of hydrogen-bond donors (Lipinski definition) is 1. The van der Waals surface area contributed by atoms with Crippen LogP contribution in [-0.4, -0.2) is 34.3 Å². The van der Waals surface area contributed by atoms with Crippen LogP contribution < -0.4 is 0 Å². The fraction of sp³-hybridized carbons (Fsp3) is 1.00. The summed E-state index contributed by atoms with van der Waals surface area (Å²) in [5, 5.41) is 10.1. The Morgan fingerprint density at radius 3 is 2.38 bits per heavy atom. The lowest BCUT2D eigenvalue weighted by molar-refractivity contribution is -0.126. The molecule has 0 aromatic heterocycles. The topological polar surface area (TPSA) is 59.0 Å². The van der Waals surface area contributed by atoms with Gasteiger partial charge < -0.3 is 14.3 Å². The third kappa shape index (κ3) is 1.85. The molecular formula is C10H20NO4P. The van der Waals surface area contributed by atoms with E-state index in [1.54, 1.807) is 6.92 Å². The first kappa shape index (κ1) is 12.5. The third-order valence-electron chi connectivity index (χ3n) is 3.47. The largest absolute Gasteiger partial charge is 0.353 e. The van der Waals surface area contributed by atoms with E-state index in [0.717, 1.165) is 17.9 Å². The van der Waals surface area contributed by atoms with E-state index in [1.165, 1.54) is 0 Å². The Labute approximate surface area is 96.2 Å². The monoisotopic (exact) mass is 249 g/mol. The Kier molecular flexibility index (Phi) is 3.19. The molecule has 2 aliphatic rings. The minimum absolute atomic E-state index is 0.0830. The highest BCUT2D eigenvalue weighted by atomic mass is 31.2. The second kappa shape index (κ2) is 4.07. The molecule has 0 aromatic rings. The summed E-state index contributed by atoms with van der Waals surface area (Å²) in [5.41, 5.74) is 0. The van der Waals surface area contributed by atoms with Crippen LogP contribution in [0.4, 0.5) is 0 Å². The maximum Gasteiger partial charge on any atom is 0.353 e. The summed E-state index contributed by atoms with van der Waals surface area (Å²) in [4.78, 5) is 0. The van der Waals surface area contributed by atoms with E-state index in [2.05, 4.69) is 0 Å². The van der Waals surface area contributed by atoms with Gasteiger partial charge in [0.2, 0.25) is 0 Å². The summed E-state index contributed by atoms with van der Waals surface area (Å²) in [6, 6.07) is 0. The van der Waals surface area contributed by atoms with Gasteiger partial charge in [0.15, 0.2) is 0 Å². The number of hydrogen-bond acceptors (Lipinski definition) is 5. The first-order chi connectivity index (χ1) is 7.37. The van der Waals surface area contributed by atoms with Crippen molar-refractivity contribution >= 4 is 7.60 Å². The average Bonchev–Trinajstić information content (AvgIpc) is 2.46. The second-order valence-corrected chi connectivity index (χ2v) is 7.39. The van der Waals surface area contributed by atoms with Crippen LogP contribution in [0, 0.1) is 0 Å². The molecule has 0 amide bonds. The highest BCUT2D eigenvalue weighted by Crippen LogP contribution is 2.67. The number of rotatable bonds is 1. The molecule has 0 saturated carbocycles. The molecule has 5 nitrogen and oxygen atoms in total. The van der Waals surface area contributed by atoms with Gasteiger partial charge in [0, 0.05) is 13.0 Å². The minimum atomic E-state index is -3.27. The highest BCUT2D eigenvalue weighted by Gasteiger charge is 2.56. The fourth-order valence-corrected chi connectivity index (χ4v) is 4.93. The van der Waals surface area contributed by atoms with Gasteiger partial charge in [-0.1, -0.05) is 0 Å². The fourth-order valence-electron chi connectivity index (χ4n) is 2.49. The van der Waals surface area contributed by atoms with E-state index in [-0.39, 0.29) is 12.2 Å². The zero-order chi connectivity index (χ0) is 12.0. The van der Waals surface area contributed by atoms with Crippen LogP contribution in [-0.2, 0) is 13.6 Å². The van der Waals surface area contributed by atoms with Crippen molar-refractivity contribution in [3.8, 4) is 0 Å². The summed E-state index contributed by atoms with van der Waals surface area (Å²) in [6.45, 7) is 6.07. The quantitative estimate of drug-likeness (QED) is 0.724. The molecular weight excluding hydrogens is 229 g/mol. The summed E-state index contributed by atoms with van der Waals surface area (Å²) in [6.07, 6.45) is 2.03. The maximum atomic E-state index is 12.7. The van der Waals surface area contributed by atoms with E-state index in [9.17, 15) is 9.77 Å². The van der Waals surface area contributed by atoms with Crippen LogP contribution >= 0.6 is 7.60 Å². The van der Waals surface area contributed by atoms with Gasteiger partial charge in [-0.25, -0.2) is 0 Å². The van der Waals surface area contributed by atoms with E-state index in [0.29, 0.717) is 13.0 Å². The SMILES string of the molecule is CC1CC(C)OP(=O)(C2(C)CCCN2O)O1. The molecule has 0 aromatic carbocycles. The molecule has 0 bridgehead atoms. The number of nitrogens with zero attached hydrogens (tertiary/aromatic N) is 1. The lowest BCUT2D eigenvalue weighted by atomic mass is 10.2.